The van der Waals surface area contributed by atoms with E-state index < -0.39 is 0 Å². The molecule has 0 aliphatic heterocycles. The van der Waals surface area contributed by atoms with Gasteiger partial charge in [0.15, 0.2) is 0 Å². The van der Waals surface area contributed by atoms with Crippen molar-refractivity contribution < 1.29 is 0 Å². The normalized spacial score (nSPS) is 10.0. The molecule has 1 N–H and O–H groups in total. The number of benzene rings is 3. The molecule has 0 saturated heterocycles. The number of aromatic amines is 1. The van der Waals surface area contributed by atoms with Gasteiger partial charge >= 0.3 is 0 Å². The second kappa shape index (κ2) is 10.7. The second-order valence-corrected chi connectivity index (χ2v) is 7.33. The number of hydrogen-bond donors (Lipinski definition) is 1. The number of hydrogen-bond acceptors (Lipinski definition) is 1. The quantitative estimate of drug-likeness (QED) is 0.436. The third-order valence-corrected chi connectivity index (χ3v) is 5.07. The van der Waals surface area contributed by atoms with Crippen LogP contribution in [0.4, 0.5) is 0 Å². The van der Waals surface area contributed by atoms with Gasteiger partial charge in [0.05, 0.1) is 0 Å². The molecule has 3 aromatic carbocycles. The monoisotopic (exact) mass is 418 g/mol. The summed E-state index contributed by atoms with van der Waals surface area (Å²) >= 11 is 11.8. The van der Waals surface area contributed by atoms with E-state index in [9.17, 15) is 0 Å². The summed E-state index contributed by atoms with van der Waals surface area (Å²) in [6.07, 6.45) is 4.21. The van der Waals surface area contributed by atoms with Crippen LogP contribution in [0.3, 0.4) is 0 Å². The highest BCUT2D eigenvalue weighted by Crippen LogP contribution is 2.22. The summed E-state index contributed by atoms with van der Waals surface area (Å²) in [6.45, 7) is 4.21. The van der Waals surface area contributed by atoms with Crippen LogP contribution in [0.25, 0.3) is 0 Å². The summed E-state index contributed by atoms with van der Waals surface area (Å²) in [6, 6.07) is 26.4. The van der Waals surface area contributed by atoms with Crippen LogP contribution in [-0.4, -0.2) is 16.7 Å². The molecule has 1 heterocycles. The van der Waals surface area contributed by atoms with Crippen LogP contribution < -0.4 is 10.9 Å². The molecule has 0 atom stereocenters. The van der Waals surface area contributed by atoms with Crippen molar-refractivity contribution >= 4 is 40.8 Å². The van der Waals surface area contributed by atoms with E-state index in [4.69, 9.17) is 23.2 Å². The lowest BCUT2D eigenvalue weighted by atomic mass is 9.41. The molecule has 5 heteroatoms. The Morgan fingerprint density at radius 1 is 0.897 bits per heavy atom. The number of nitrogens with one attached hydrogen (secondary N) is 1. The molecule has 1 aromatic heterocycles. The molecule has 0 bridgehead atoms. The zero-order chi connectivity index (χ0) is 20.5. The second-order valence-electron chi connectivity index (χ2n) is 6.48. The predicted octanol–water partition coefficient (Wildman–Crippen LogP) is 5.33. The first-order valence-corrected chi connectivity index (χ1v) is 10.1. The van der Waals surface area contributed by atoms with Gasteiger partial charge in [0, 0.05) is 28.9 Å². The van der Waals surface area contributed by atoms with Crippen molar-refractivity contribution in [3.05, 3.63) is 125 Å². The number of nitrogens with zero attached hydrogens (tertiary/aromatic N) is 1. The van der Waals surface area contributed by atoms with Gasteiger partial charge in [0.2, 0.25) is 6.71 Å². The van der Waals surface area contributed by atoms with Crippen LogP contribution in [-0.2, 0) is 6.42 Å². The Labute approximate surface area is 182 Å². The minimum atomic E-state index is 0.299. The Balaban J connectivity index is 0.000000166. The fourth-order valence-corrected chi connectivity index (χ4v) is 3.50. The highest BCUT2D eigenvalue weighted by molar-refractivity contribution is 6.89. The Morgan fingerprint density at radius 3 is 2.00 bits per heavy atom. The van der Waals surface area contributed by atoms with E-state index in [1.165, 1.54) is 10.9 Å². The molecule has 2 nitrogen and oxygen atoms in total. The van der Waals surface area contributed by atoms with Crippen molar-refractivity contribution in [3.63, 3.8) is 0 Å². The maximum atomic E-state index is 6.02. The summed E-state index contributed by atoms with van der Waals surface area (Å²) in [7, 11) is 0. The number of H-pyrrole nitrogens is 1. The third-order valence-electron chi connectivity index (χ3n) is 4.48. The van der Waals surface area contributed by atoms with Crippen molar-refractivity contribution in [2.45, 2.75) is 6.42 Å². The minimum absolute atomic E-state index is 0.299. The van der Waals surface area contributed by atoms with E-state index in [2.05, 4.69) is 65.1 Å². The fourth-order valence-electron chi connectivity index (χ4n) is 3.03. The van der Waals surface area contributed by atoms with E-state index in [1.807, 2.05) is 30.2 Å². The summed E-state index contributed by atoms with van der Waals surface area (Å²) in [4.78, 5) is 7.15. The summed E-state index contributed by atoms with van der Waals surface area (Å²) in [5.74, 6) is 2.89. The van der Waals surface area contributed by atoms with Gasteiger partial charge < -0.3 is 4.98 Å². The molecule has 0 amide bonds. The van der Waals surface area contributed by atoms with Gasteiger partial charge in [0.1, 0.15) is 5.82 Å². The van der Waals surface area contributed by atoms with Crippen LogP contribution in [0.5, 0.6) is 0 Å². The topological polar surface area (TPSA) is 28.7 Å². The Kier molecular flexibility index (Phi) is 7.74. The molecule has 0 fully saturated rings. The molecule has 4 aromatic rings. The van der Waals surface area contributed by atoms with Crippen LogP contribution in [0.1, 0.15) is 11.4 Å². The average Bonchev–Trinajstić information content (AvgIpc) is 3.26. The van der Waals surface area contributed by atoms with Gasteiger partial charge in [-0.05, 0) is 17.7 Å². The first-order chi connectivity index (χ1) is 14.2. The maximum absolute atomic E-state index is 6.02. The van der Waals surface area contributed by atoms with Gasteiger partial charge in [-0.2, -0.15) is 0 Å². The molecule has 144 valence electrons. The maximum Gasteiger partial charge on any atom is 0.233 e. The van der Waals surface area contributed by atoms with Gasteiger partial charge in [-0.1, -0.05) is 101 Å². The lowest BCUT2D eigenvalue weighted by Gasteiger charge is -2.09. The first-order valence-electron chi connectivity index (χ1n) is 9.32. The largest absolute Gasteiger partial charge is 0.348 e. The zero-order valence-corrected chi connectivity index (χ0v) is 17.4. The molecule has 0 saturated carbocycles. The molecule has 4 rings (SSSR count). The van der Waals surface area contributed by atoms with E-state index in [-0.39, 0.29) is 0 Å². The lowest BCUT2D eigenvalue weighted by molar-refractivity contribution is 1.03. The molecule has 0 unspecified atom stereocenters. The van der Waals surface area contributed by atoms with Crippen LogP contribution in [0, 0.1) is 0 Å². The Bertz CT molecular complexity index is 980. The smallest absolute Gasteiger partial charge is 0.233 e. The summed E-state index contributed by atoms with van der Waals surface area (Å²) in [5, 5.41) is 1.33. The Morgan fingerprint density at radius 2 is 1.52 bits per heavy atom. The van der Waals surface area contributed by atoms with Crippen molar-refractivity contribution in [2.75, 3.05) is 0 Å². The summed E-state index contributed by atoms with van der Waals surface area (Å²) in [5.41, 5.74) is 3.60. The standard InChI is InChI=1S/C14H13B.C10H8Cl2N2/c1-2-15(13-9-5-3-6-10-13)14-11-7-4-8-12-14;11-8-2-1-7(9(12)6-8)5-10-13-3-4-14-10/h2-12H,1H2;1-4,6H,5H2,(H,13,14). The van der Waals surface area contributed by atoms with Gasteiger partial charge in [0.25, 0.3) is 0 Å². The van der Waals surface area contributed by atoms with Crippen molar-refractivity contribution in [3.8, 4) is 0 Å². The van der Waals surface area contributed by atoms with E-state index in [0.29, 0.717) is 23.2 Å². The predicted molar refractivity (Wildman–Crippen MR) is 126 cm³/mol. The molecule has 29 heavy (non-hydrogen) atoms. The highest BCUT2D eigenvalue weighted by Gasteiger charge is 2.13. The SMILES string of the molecule is C=CB(c1ccccc1)c1ccccc1.Clc1ccc(Cc2ncc[nH]2)c(Cl)c1. The molecule has 0 spiro atoms. The van der Waals surface area contributed by atoms with E-state index in [0.717, 1.165) is 11.4 Å². The molecular weight excluding hydrogens is 398 g/mol. The van der Waals surface area contributed by atoms with Crippen molar-refractivity contribution in [2.24, 2.45) is 0 Å². The van der Waals surface area contributed by atoms with Gasteiger partial charge in [-0.3, -0.25) is 0 Å². The number of rotatable bonds is 5. The Hall–Kier alpha value is -2.75. The highest BCUT2D eigenvalue weighted by atomic mass is 35.5. The number of imidazole rings is 1. The first kappa shape index (κ1) is 21.0. The molecule has 0 aliphatic rings. The molecule has 0 aliphatic carbocycles. The van der Waals surface area contributed by atoms with Crippen molar-refractivity contribution in [1.29, 1.82) is 0 Å². The van der Waals surface area contributed by atoms with Crippen LogP contribution >= 0.6 is 23.2 Å². The number of halogens is 2. The zero-order valence-electron chi connectivity index (χ0n) is 15.9. The van der Waals surface area contributed by atoms with Gasteiger partial charge in [-0.25, -0.2) is 4.98 Å². The van der Waals surface area contributed by atoms with Crippen LogP contribution in [0.2, 0.25) is 10.0 Å². The van der Waals surface area contributed by atoms with E-state index in [1.54, 1.807) is 18.5 Å². The average molecular weight is 419 g/mol. The van der Waals surface area contributed by atoms with Gasteiger partial charge in [-0.15, -0.1) is 12.6 Å². The molecular formula is C24H21BCl2N2. The summed E-state index contributed by atoms with van der Waals surface area (Å²) < 4.78 is 0. The fraction of sp³-hybridized carbons (Fsp3) is 0.0417. The lowest BCUT2D eigenvalue weighted by Crippen LogP contribution is -2.40. The minimum Gasteiger partial charge on any atom is -0.348 e. The third kappa shape index (κ3) is 6.12. The van der Waals surface area contributed by atoms with E-state index >= 15 is 0 Å². The van der Waals surface area contributed by atoms with Crippen molar-refractivity contribution in [1.82, 2.24) is 9.97 Å². The molecule has 0 radical (unpaired) electrons. The number of aromatic nitrogens is 2. The van der Waals surface area contributed by atoms with Crippen LogP contribution in [0.15, 0.2) is 104 Å².